The lowest BCUT2D eigenvalue weighted by molar-refractivity contribution is -0.693. The molecular weight excluding hydrogens is 322 g/mol. The van der Waals surface area contributed by atoms with Crippen molar-refractivity contribution in [1.29, 1.82) is 5.26 Å². The summed E-state index contributed by atoms with van der Waals surface area (Å²) in [5.74, 6) is 0.876. The number of hydrogen-bond donors (Lipinski definition) is 2. The number of thiophene rings is 1. The maximum Gasteiger partial charge on any atom is 0.230 e. The summed E-state index contributed by atoms with van der Waals surface area (Å²) in [4.78, 5) is 13.5. The Bertz CT molecular complexity index is 743. The SMILES string of the molecule is C[C@@H]([NH2+]CCC(=O)Nc1sc2c(c1C#N)CCCC2)c1ccco1. The van der Waals surface area contributed by atoms with Gasteiger partial charge in [-0.15, -0.1) is 11.3 Å². The summed E-state index contributed by atoms with van der Waals surface area (Å²) in [5, 5.41) is 15.2. The topological polar surface area (TPSA) is 82.6 Å². The highest BCUT2D eigenvalue weighted by molar-refractivity contribution is 7.16. The summed E-state index contributed by atoms with van der Waals surface area (Å²) < 4.78 is 5.36. The Hall–Kier alpha value is -2.10. The number of quaternary nitrogens is 1. The van der Waals surface area contributed by atoms with Crippen LogP contribution in [0, 0.1) is 11.3 Å². The van der Waals surface area contributed by atoms with Gasteiger partial charge in [-0.25, -0.2) is 0 Å². The fourth-order valence-corrected chi connectivity index (χ4v) is 4.35. The molecule has 0 spiro atoms. The summed E-state index contributed by atoms with van der Waals surface area (Å²) >= 11 is 1.57. The van der Waals surface area contributed by atoms with E-state index >= 15 is 0 Å². The number of furan rings is 1. The number of aryl methyl sites for hydroxylation is 1. The summed E-state index contributed by atoms with van der Waals surface area (Å²) in [6, 6.07) is 6.28. The van der Waals surface area contributed by atoms with E-state index < -0.39 is 0 Å². The second-order valence-electron chi connectivity index (χ2n) is 6.15. The van der Waals surface area contributed by atoms with E-state index in [0.29, 0.717) is 18.5 Å². The molecule has 2 heterocycles. The van der Waals surface area contributed by atoms with E-state index in [1.54, 1.807) is 17.6 Å². The van der Waals surface area contributed by atoms with Crippen LogP contribution in [0.25, 0.3) is 0 Å². The van der Waals surface area contributed by atoms with Crippen LogP contribution >= 0.6 is 11.3 Å². The van der Waals surface area contributed by atoms with Crippen molar-refractivity contribution >= 4 is 22.2 Å². The van der Waals surface area contributed by atoms with Crippen LogP contribution in [0.3, 0.4) is 0 Å². The fourth-order valence-electron chi connectivity index (χ4n) is 3.09. The van der Waals surface area contributed by atoms with E-state index in [0.717, 1.165) is 35.6 Å². The van der Waals surface area contributed by atoms with Gasteiger partial charge in [0.25, 0.3) is 0 Å². The number of amides is 1. The average molecular weight is 344 g/mol. The Kier molecular flexibility index (Phi) is 5.34. The molecule has 0 saturated carbocycles. The third-order valence-electron chi connectivity index (χ3n) is 4.42. The van der Waals surface area contributed by atoms with Crippen molar-refractivity contribution in [1.82, 2.24) is 0 Å². The number of nitrogens with zero attached hydrogens (tertiary/aromatic N) is 1. The highest BCUT2D eigenvalue weighted by Crippen LogP contribution is 2.37. The minimum Gasteiger partial charge on any atom is -0.463 e. The number of nitrogens with one attached hydrogen (secondary N) is 1. The molecule has 126 valence electrons. The van der Waals surface area contributed by atoms with E-state index in [-0.39, 0.29) is 11.9 Å². The van der Waals surface area contributed by atoms with Gasteiger partial charge in [0.05, 0.1) is 24.8 Å². The minimum absolute atomic E-state index is 0.0343. The maximum atomic E-state index is 12.2. The standard InChI is InChI=1S/C18H21N3O2S/c1-12(15-6-4-10-23-15)20-9-8-17(22)21-18-14(11-19)13-5-2-3-7-16(13)24-18/h4,6,10,12,20H,2-3,5,7-9H2,1H3,(H,21,22)/p+1/t12-/m1/s1. The van der Waals surface area contributed by atoms with Gasteiger partial charge in [-0.05, 0) is 50.3 Å². The molecule has 3 N–H and O–H groups in total. The van der Waals surface area contributed by atoms with E-state index in [4.69, 9.17) is 4.42 Å². The van der Waals surface area contributed by atoms with E-state index in [1.807, 2.05) is 12.1 Å². The zero-order valence-corrected chi connectivity index (χ0v) is 14.6. The number of nitrogens with two attached hydrogens (primary N) is 1. The first-order chi connectivity index (χ1) is 11.7. The molecule has 2 aromatic heterocycles. The van der Waals surface area contributed by atoms with Crippen molar-refractivity contribution in [2.75, 3.05) is 11.9 Å². The molecule has 24 heavy (non-hydrogen) atoms. The molecule has 1 aliphatic rings. The number of carbonyl (C=O) groups excluding carboxylic acids is 1. The van der Waals surface area contributed by atoms with Crippen molar-refractivity contribution in [3.63, 3.8) is 0 Å². The molecule has 2 aromatic rings. The van der Waals surface area contributed by atoms with Gasteiger partial charge in [0.1, 0.15) is 17.1 Å². The molecule has 5 nitrogen and oxygen atoms in total. The maximum absolute atomic E-state index is 12.2. The predicted octanol–water partition coefficient (Wildman–Crippen LogP) is 2.74. The van der Waals surface area contributed by atoms with Crippen LogP contribution in [0.5, 0.6) is 0 Å². The van der Waals surface area contributed by atoms with Crippen molar-refractivity contribution in [3.8, 4) is 6.07 Å². The van der Waals surface area contributed by atoms with Crippen molar-refractivity contribution < 1.29 is 14.5 Å². The van der Waals surface area contributed by atoms with Gasteiger partial charge in [0, 0.05) is 4.88 Å². The van der Waals surface area contributed by atoms with Gasteiger partial charge in [0.2, 0.25) is 5.91 Å². The smallest absolute Gasteiger partial charge is 0.230 e. The molecule has 0 aromatic carbocycles. The number of anilines is 1. The van der Waals surface area contributed by atoms with Crippen molar-refractivity contribution in [3.05, 3.63) is 40.2 Å². The Morgan fingerprint density at radius 3 is 3.08 bits per heavy atom. The van der Waals surface area contributed by atoms with Gasteiger partial charge < -0.3 is 15.1 Å². The first kappa shape index (κ1) is 16.7. The first-order valence-electron chi connectivity index (χ1n) is 8.40. The lowest BCUT2D eigenvalue weighted by atomic mass is 9.96. The number of fused-ring (bicyclic) bond motifs is 1. The Labute approximate surface area is 145 Å². The molecule has 0 unspecified atom stereocenters. The number of rotatable bonds is 6. The Morgan fingerprint density at radius 1 is 1.50 bits per heavy atom. The van der Waals surface area contributed by atoms with Crippen LogP contribution in [0.1, 0.15) is 54.0 Å². The van der Waals surface area contributed by atoms with E-state index in [2.05, 4.69) is 23.6 Å². The van der Waals surface area contributed by atoms with Crippen molar-refractivity contribution in [2.45, 2.75) is 45.1 Å². The zero-order chi connectivity index (χ0) is 16.9. The number of nitriles is 1. The van der Waals surface area contributed by atoms with Gasteiger partial charge in [-0.3, -0.25) is 4.79 Å². The van der Waals surface area contributed by atoms with E-state index in [9.17, 15) is 10.1 Å². The quantitative estimate of drug-likeness (QED) is 0.845. The van der Waals surface area contributed by atoms with E-state index in [1.165, 1.54) is 11.3 Å². The second kappa shape index (κ2) is 7.65. The predicted molar refractivity (Wildman–Crippen MR) is 92.8 cm³/mol. The molecule has 1 aliphatic carbocycles. The third-order valence-corrected chi connectivity index (χ3v) is 5.63. The normalized spacial score (nSPS) is 14.7. The molecule has 0 bridgehead atoms. The van der Waals surface area contributed by atoms with Crippen molar-refractivity contribution in [2.24, 2.45) is 0 Å². The summed E-state index contributed by atoms with van der Waals surface area (Å²) in [5.41, 5.74) is 1.83. The molecule has 0 aliphatic heterocycles. The molecule has 0 radical (unpaired) electrons. The fraction of sp³-hybridized carbons (Fsp3) is 0.444. The lowest BCUT2D eigenvalue weighted by Gasteiger charge is -2.09. The first-order valence-corrected chi connectivity index (χ1v) is 9.22. The third kappa shape index (κ3) is 3.69. The summed E-state index contributed by atoms with van der Waals surface area (Å²) in [6.07, 6.45) is 6.36. The largest absolute Gasteiger partial charge is 0.463 e. The molecule has 1 amide bonds. The second-order valence-corrected chi connectivity index (χ2v) is 7.26. The average Bonchev–Trinajstić information content (AvgIpc) is 3.22. The highest BCUT2D eigenvalue weighted by Gasteiger charge is 2.22. The minimum atomic E-state index is -0.0343. The van der Waals surface area contributed by atoms with Gasteiger partial charge in [-0.2, -0.15) is 5.26 Å². The van der Waals surface area contributed by atoms with Gasteiger partial charge in [-0.1, -0.05) is 0 Å². The number of carbonyl (C=O) groups is 1. The van der Waals surface area contributed by atoms with Crippen LogP contribution in [-0.4, -0.2) is 12.5 Å². The van der Waals surface area contributed by atoms with Gasteiger partial charge in [0.15, 0.2) is 5.76 Å². The van der Waals surface area contributed by atoms with Gasteiger partial charge >= 0.3 is 0 Å². The van der Waals surface area contributed by atoms with Crippen LogP contribution in [0.4, 0.5) is 5.00 Å². The molecule has 3 rings (SSSR count). The molecular formula is C18H22N3O2S+. The monoisotopic (exact) mass is 344 g/mol. The summed E-state index contributed by atoms with van der Waals surface area (Å²) in [7, 11) is 0. The Balaban J connectivity index is 1.54. The zero-order valence-electron chi connectivity index (χ0n) is 13.8. The molecule has 6 heteroatoms. The van der Waals surface area contributed by atoms with Crippen LogP contribution in [0.15, 0.2) is 22.8 Å². The summed E-state index contributed by atoms with van der Waals surface area (Å²) in [6.45, 7) is 2.73. The Morgan fingerprint density at radius 2 is 2.33 bits per heavy atom. The lowest BCUT2D eigenvalue weighted by Crippen LogP contribution is -2.84. The molecule has 1 atom stereocenters. The molecule has 0 fully saturated rings. The number of hydrogen-bond acceptors (Lipinski definition) is 4. The highest BCUT2D eigenvalue weighted by atomic mass is 32.1. The van der Waals surface area contributed by atoms with Crippen LogP contribution < -0.4 is 10.6 Å². The van der Waals surface area contributed by atoms with Crippen LogP contribution in [-0.2, 0) is 17.6 Å². The van der Waals surface area contributed by atoms with Crippen LogP contribution in [0.2, 0.25) is 0 Å². The molecule has 0 saturated heterocycles.